The molecule has 1 aliphatic rings. The average Bonchev–Trinajstić information content (AvgIpc) is 3.26. The molecule has 31 heavy (non-hydrogen) atoms. The van der Waals surface area contributed by atoms with Crippen LogP contribution in [0.25, 0.3) is 0 Å². The zero-order valence-electron chi connectivity index (χ0n) is 17.5. The Morgan fingerprint density at radius 3 is 2.19 bits per heavy atom. The van der Waals surface area contributed by atoms with E-state index in [0.29, 0.717) is 6.04 Å². The summed E-state index contributed by atoms with van der Waals surface area (Å²) in [5.41, 5.74) is 8.77. The van der Waals surface area contributed by atoms with Crippen molar-refractivity contribution in [1.82, 2.24) is 0 Å². The molecule has 0 aromatic heterocycles. The number of rotatable bonds is 6. The zero-order valence-corrected chi connectivity index (χ0v) is 17.5. The highest BCUT2D eigenvalue weighted by Gasteiger charge is 2.23. The molecule has 152 valence electrons. The Morgan fingerprint density at radius 2 is 1.45 bits per heavy atom. The molecule has 4 aromatic rings. The van der Waals surface area contributed by atoms with Crippen LogP contribution in [0.2, 0.25) is 0 Å². The van der Waals surface area contributed by atoms with E-state index in [9.17, 15) is 0 Å². The summed E-state index contributed by atoms with van der Waals surface area (Å²) in [7, 11) is 0. The van der Waals surface area contributed by atoms with E-state index in [4.69, 9.17) is 4.99 Å². The Hall–Kier alpha value is -3.65. The fourth-order valence-corrected chi connectivity index (χ4v) is 4.26. The molecule has 0 saturated carbocycles. The van der Waals surface area contributed by atoms with Crippen LogP contribution in [0, 0.1) is 0 Å². The van der Waals surface area contributed by atoms with Gasteiger partial charge in [0.05, 0.1) is 11.7 Å². The van der Waals surface area contributed by atoms with E-state index in [2.05, 4.69) is 90.2 Å². The lowest BCUT2D eigenvalue weighted by atomic mass is 9.98. The first kappa shape index (κ1) is 19.3. The second kappa shape index (κ2) is 9.01. The van der Waals surface area contributed by atoms with Crippen LogP contribution in [-0.4, -0.2) is 6.21 Å². The van der Waals surface area contributed by atoms with E-state index in [0.717, 1.165) is 30.5 Å². The lowest BCUT2D eigenvalue weighted by Gasteiger charge is -2.11. The summed E-state index contributed by atoms with van der Waals surface area (Å²) in [5.74, 6) is 0. The number of nitrogens with one attached hydrogen (secondary N) is 1. The van der Waals surface area contributed by atoms with Gasteiger partial charge in [-0.2, -0.15) is 0 Å². The first-order chi connectivity index (χ1) is 15.3. The first-order valence-electron chi connectivity index (χ1n) is 11.0. The van der Waals surface area contributed by atoms with Crippen molar-refractivity contribution in [2.75, 3.05) is 5.32 Å². The molecule has 0 unspecified atom stereocenters. The van der Waals surface area contributed by atoms with Gasteiger partial charge in [0, 0.05) is 11.9 Å². The van der Waals surface area contributed by atoms with Crippen LogP contribution in [0.4, 0.5) is 11.4 Å². The van der Waals surface area contributed by atoms with Gasteiger partial charge in [-0.05, 0) is 53.1 Å². The van der Waals surface area contributed by atoms with Crippen molar-refractivity contribution in [1.29, 1.82) is 0 Å². The molecule has 4 aromatic carbocycles. The van der Waals surface area contributed by atoms with Gasteiger partial charge in [0.25, 0.3) is 0 Å². The zero-order chi connectivity index (χ0) is 20.9. The summed E-state index contributed by atoms with van der Waals surface area (Å²) < 4.78 is 0. The van der Waals surface area contributed by atoms with Crippen molar-refractivity contribution in [3.63, 3.8) is 0 Å². The van der Waals surface area contributed by atoms with Gasteiger partial charge in [0.15, 0.2) is 0 Å². The summed E-state index contributed by atoms with van der Waals surface area (Å²) in [6, 6.07) is 36.6. The largest absolute Gasteiger partial charge is 0.378 e. The Morgan fingerprint density at radius 1 is 0.774 bits per heavy atom. The number of nitrogens with zero attached hydrogens (tertiary/aromatic N) is 1. The number of anilines is 1. The summed E-state index contributed by atoms with van der Waals surface area (Å²) in [6.07, 6.45) is 4.98. The minimum absolute atomic E-state index is 0.325. The topological polar surface area (TPSA) is 24.4 Å². The van der Waals surface area contributed by atoms with Crippen LogP contribution in [0.1, 0.15) is 33.9 Å². The number of benzene rings is 4. The third kappa shape index (κ3) is 4.59. The van der Waals surface area contributed by atoms with Gasteiger partial charge in [0.2, 0.25) is 0 Å². The maximum atomic E-state index is 4.90. The van der Waals surface area contributed by atoms with Crippen molar-refractivity contribution in [2.45, 2.75) is 25.3 Å². The standard InChI is InChI=1S/C29H26N2/c1-4-10-22(11-5-1)16-17-25-18-26-19-28(24-14-8-3-9-15-24)31-29(26)20-27(25)30-21-23-12-6-2-7-13-23/h1-15,18,20-21,28,31H,16-17,19H2/t28-/m1/s1. The first-order valence-corrected chi connectivity index (χ1v) is 11.0. The SMILES string of the molecule is C(=Nc1cc2c(cc1CCc1ccccc1)C[C@H](c1ccccc1)N2)c1ccccc1. The molecular weight excluding hydrogens is 376 g/mol. The van der Waals surface area contributed by atoms with Crippen molar-refractivity contribution in [3.05, 3.63) is 131 Å². The van der Waals surface area contributed by atoms with Crippen LogP contribution < -0.4 is 5.32 Å². The molecule has 0 radical (unpaired) electrons. The van der Waals surface area contributed by atoms with E-state index in [1.54, 1.807) is 0 Å². The molecule has 2 nitrogen and oxygen atoms in total. The van der Waals surface area contributed by atoms with Gasteiger partial charge in [0.1, 0.15) is 0 Å². The highest BCUT2D eigenvalue weighted by molar-refractivity contribution is 5.83. The fraction of sp³-hybridized carbons (Fsp3) is 0.138. The lowest BCUT2D eigenvalue weighted by Crippen LogP contribution is -2.04. The molecule has 0 saturated heterocycles. The fourth-order valence-electron chi connectivity index (χ4n) is 4.26. The van der Waals surface area contributed by atoms with Crippen molar-refractivity contribution in [3.8, 4) is 0 Å². The Labute approximate surface area is 184 Å². The normalized spacial score (nSPS) is 15.0. The van der Waals surface area contributed by atoms with Crippen molar-refractivity contribution >= 4 is 17.6 Å². The smallest absolute Gasteiger partial charge is 0.0682 e. The number of aryl methyl sites for hydroxylation is 2. The highest BCUT2D eigenvalue weighted by Crippen LogP contribution is 2.38. The van der Waals surface area contributed by atoms with E-state index < -0.39 is 0 Å². The summed E-state index contributed by atoms with van der Waals surface area (Å²) >= 11 is 0. The van der Waals surface area contributed by atoms with E-state index in [-0.39, 0.29) is 0 Å². The van der Waals surface area contributed by atoms with Crippen LogP contribution in [0.5, 0.6) is 0 Å². The molecule has 0 spiro atoms. The molecule has 0 aliphatic carbocycles. The molecule has 0 bridgehead atoms. The Kier molecular flexibility index (Phi) is 5.62. The van der Waals surface area contributed by atoms with E-state index in [1.807, 2.05) is 24.4 Å². The molecule has 5 rings (SSSR count). The van der Waals surface area contributed by atoms with Gasteiger partial charge < -0.3 is 5.32 Å². The lowest BCUT2D eigenvalue weighted by molar-refractivity contribution is 0.823. The van der Waals surface area contributed by atoms with Gasteiger partial charge >= 0.3 is 0 Å². The predicted molar refractivity (Wildman–Crippen MR) is 130 cm³/mol. The average molecular weight is 403 g/mol. The second-order valence-electron chi connectivity index (χ2n) is 8.10. The van der Waals surface area contributed by atoms with Crippen molar-refractivity contribution < 1.29 is 0 Å². The quantitative estimate of drug-likeness (QED) is 0.347. The molecule has 1 aliphatic heterocycles. The third-order valence-electron chi connectivity index (χ3n) is 5.94. The molecule has 1 heterocycles. The highest BCUT2D eigenvalue weighted by atomic mass is 15.0. The molecule has 1 atom stereocenters. The van der Waals surface area contributed by atoms with Crippen LogP contribution in [0.15, 0.2) is 108 Å². The van der Waals surface area contributed by atoms with Crippen LogP contribution in [-0.2, 0) is 19.3 Å². The second-order valence-corrected chi connectivity index (χ2v) is 8.10. The minimum Gasteiger partial charge on any atom is -0.378 e. The van der Waals surface area contributed by atoms with Gasteiger partial charge in [-0.1, -0.05) is 97.1 Å². The maximum absolute atomic E-state index is 4.90. The van der Waals surface area contributed by atoms with Gasteiger partial charge in [-0.15, -0.1) is 0 Å². The Bertz CT molecular complexity index is 1170. The molecular formula is C29H26N2. The number of aliphatic imine (C=N–C) groups is 1. The van der Waals surface area contributed by atoms with Crippen molar-refractivity contribution in [2.24, 2.45) is 4.99 Å². The summed E-state index contributed by atoms with van der Waals surface area (Å²) in [6.45, 7) is 0. The molecule has 0 fully saturated rings. The monoisotopic (exact) mass is 402 g/mol. The number of fused-ring (bicyclic) bond motifs is 1. The minimum atomic E-state index is 0.325. The molecule has 0 amide bonds. The van der Waals surface area contributed by atoms with E-state index >= 15 is 0 Å². The van der Waals surface area contributed by atoms with Gasteiger partial charge in [-0.3, -0.25) is 4.99 Å². The third-order valence-corrected chi connectivity index (χ3v) is 5.94. The van der Waals surface area contributed by atoms with Crippen LogP contribution in [0.3, 0.4) is 0 Å². The molecule has 2 heteroatoms. The number of hydrogen-bond acceptors (Lipinski definition) is 2. The van der Waals surface area contributed by atoms with Crippen LogP contribution >= 0.6 is 0 Å². The van der Waals surface area contributed by atoms with E-state index in [1.165, 1.54) is 27.9 Å². The Balaban J connectivity index is 1.44. The molecule has 1 N–H and O–H groups in total. The number of hydrogen-bond donors (Lipinski definition) is 1. The predicted octanol–water partition coefficient (Wildman–Crippen LogP) is 6.93. The summed E-state index contributed by atoms with van der Waals surface area (Å²) in [4.78, 5) is 4.90. The maximum Gasteiger partial charge on any atom is 0.0682 e. The summed E-state index contributed by atoms with van der Waals surface area (Å²) in [5, 5.41) is 3.72. The van der Waals surface area contributed by atoms with Gasteiger partial charge in [-0.25, -0.2) is 0 Å².